The Kier molecular flexibility index (Phi) is 4.83. The highest BCUT2D eigenvalue weighted by Gasteiger charge is 2.33. The van der Waals surface area contributed by atoms with Crippen molar-refractivity contribution < 1.29 is 8.42 Å². The Morgan fingerprint density at radius 1 is 1.22 bits per heavy atom. The molecule has 2 aliphatic rings. The number of anilines is 1. The number of pyridine rings is 1. The van der Waals surface area contributed by atoms with Crippen molar-refractivity contribution in [3.63, 3.8) is 0 Å². The normalized spacial score (nSPS) is 22.9. The van der Waals surface area contributed by atoms with Gasteiger partial charge in [0.2, 0.25) is 10.0 Å². The average Bonchev–Trinajstić information content (AvgIpc) is 3.07. The van der Waals surface area contributed by atoms with Crippen molar-refractivity contribution in [2.24, 2.45) is 0 Å². The Morgan fingerprint density at radius 2 is 2.00 bits per heavy atom. The Bertz CT molecular complexity index is 675. The van der Waals surface area contributed by atoms with Crippen molar-refractivity contribution >= 4 is 15.8 Å². The van der Waals surface area contributed by atoms with Gasteiger partial charge in [0, 0.05) is 25.3 Å². The number of nitriles is 1. The summed E-state index contributed by atoms with van der Waals surface area (Å²) in [6, 6.07) is 5.67. The molecule has 23 heavy (non-hydrogen) atoms. The zero-order chi connectivity index (χ0) is 16.3. The van der Waals surface area contributed by atoms with Gasteiger partial charge in [0.25, 0.3) is 0 Å². The first-order chi connectivity index (χ1) is 11.1. The van der Waals surface area contributed by atoms with Gasteiger partial charge in [-0.15, -0.1) is 0 Å². The van der Waals surface area contributed by atoms with Gasteiger partial charge < -0.3 is 4.90 Å². The topological polar surface area (TPSA) is 86.1 Å². The third-order valence-corrected chi connectivity index (χ3v) is 6.63. The van der Waals surface area contributed by atoms with Gasteiger partial charge in [-0.2, -0.15) is 5.26 Å². The third-order valence-electron chi connectivity index (χ3n) is 4.70. The zero-order valence-corrected chi connectivity index (χ0v) is 13.9. The van der Waals surface area contributed by atoms with Crippen LogP contribution < -0.4 is 9.62 Å². The minimum Gasteiger partial charge on any atom is -0.355 e. The second-order valence-corrected chi connectivity index (χ2v) is 8.36. The van der Waals surface area contributed by atoms with Crippen LogP contribution in [0.5, 0.6) is 0 Å². The zero-order valence-electron chi connectivity index (χ0n) is 13.1. The molecule has 1 aliphatic carbocycles. The largest absolute Gasteiger partial charge is 0.355 e. The van der Waals surface area contributed by atoms with Crippen molar-refractivity contribution in [2.75, 3.05) is 18.0 Å². The van der Waals surface area contributed by atoms with E-state index in [1.807, 2.05) is 11.0 Å². The molecular formula is C16H22N4O2S. The monoisotopic (exact) mass is 334 g/mol. The molecule has 1 aliphatic heterocycles. The van der Waals surface area contributed by atoms with Gasteiger partial charge in [0.1, 0.15) is 11.9 Å². The minimum atomic E-state index is -3.29. The van der Waals surface area contributed by atoms with Crippen molar-refractivity contribution in [1.29, 1.82) is 5.26 Å². The smallest absolute Gasteiger partial charge is 0.216 e. The molecule has 0 amide bonds. The van der Waals surface area contributed by atoms with E-state index < -0.39 is 15.3 Å². The van der Waals surface area contributed by atoms with E-state index >= 15 is 0 Å². The number of piperidine rings is 1. The maximum absolute atomic E-state index is 12.6. The molecule has 1 atom stereocenters. The van der Waals surface area contributed by atoms with Gasteiger partial charge in [-0.05, 0) is 37.8 Å². The Morgan fingerprint density at radius 3 is 2.65 bits per heavy atom. The fourth-order valence-corrected chi connectivity index (χ4v) is 5.16. The van der Waals surface area contributed by atoms with Gasteiger partial charge in [0.15, 0.2) is 0 Å². The molecule has 1 saturated carbocycles. The average molecular weight is 334 g/mol. The first kappa shape index (κ1) is 16.2. The third kappa shape index (κ3) is 3.82. The van der Waals surface area contributed by atoms with Crippen molar-refractivity contribution in [2.45, 2.75) is 49.8 Å². The van der Waals surface area contributed by atoms with E-state index in [4.69, 9.17) is 5.26 Å². The van der Waals surface area contributed by atoms with E-state index in [1.54, 1.807) is 12.1 Å². The number of rotatable bonds is 4. The minimum absolute atomic E-state index is 0.114. The Hall–Kier alpha value is -1.65. The molecule has 0 aromatic carbocycles. The molecule has 0 radical (unpaired) electrons. The van der Waals surface area contributed by atoms with Crippen LogP contribution in [0.1, 0.15) is 44.1 Å². The van der Waals surface area contributed by atoms with Crippen molar-refractivity contribution in [3.8, 4) is 6.07 Å². The summed E-state index contributed by atoms with van der Waals surface area (Å²) in [5, 5.41) is 8.44. The molecule has 6 nitrogen and oxygen atoms in total. The van der Waals surface area contributed by atoms with E-state index in [0.717, 1.165) is 44.5 Å². The number of aromatic nitrogens is 1. The van der Waals surface area contributed by atoms with Gasteiger partial charge in [-0.1, -0.05) is 12.8 Å². The number of nitrogens with zero attached hydrogens (tertiary/aromatic N) is 3. The van der Waals surface area contributed by atoms with Crippen LogP contribution in [0.2, 0.25) is 0 Å². The number of sulfonamides is 1. The van der Waals surface area contributed by atoms with Crippen LogP contribution in [-0.2, 0) is 10.0 Å². The van der Waals surface area contributed by atoms with Crippen LogP contribution in [0.4, 0.5) is 5.82 Å². The van der Waals surface area contributed by atoms with Crippen molar-refractivity contribution in [3.05, 3.63) is 23.9 Å². The van der Waals surface area contributed by atoms with E-state index in [9.17, 15) is 8.42 Å². The van der Waals surface area contributed by atoms with Crippen LogP contribution in [-0.4, -0.2) is 37.8 Å². The first-order valence-electron chi connectivity index (χ1n) is 8.21. The lowest BCUT2D eigenvalue weighted by atomic mass is 10.1. The predicted octanol–water partition coefficient (Wildman–Crippen LogP) is 1.78. The van der Waals surface area contributed by atoms with Gasteiger partial charge >= 0.3 is 0 Å². The van der Waals surface area contributed by atoms with Crippen LogP contribution in [0.3, 0.4) is 0 Å². The summed E-state index contributed by atoms with van der Waals surface area (Å²) in [4.78, 5) is 6.28. The summed E-state index contributed by atoms with van der Waals surface area (Å²) in [6.45, 7) is 1.26. The second kappa shape index (κ2) is 6.85. The fourth-order valence-electron chi connectivity index (χ4n) is 3.41. The maximum Gasteiger partial charge on any atom is 0.216 e. The molecule has 1 unspecified atom stereocenters. The van der Waals surface area contributed by atoms with E-state index in [-0.39, 0.29) is 6.04 Å². The summed E-state index contributed by atoms with van der Waals surface area (Å²) in [5.74, 6) is 0.741. The summed E-state index contributed by atoms with van der Waals surface area (Å²) < 4.78 is 28.1. The molecule has 1 aromatic heterocycles. The summed E-state index contributed by atoms with van der Waals surface area (Å²) in [5.41, 5.74) is 0.512. The standard InChI is InChI=1S/C16H22N4O2S/c17-10-13-7-8-16(18-11-13)20-9-3-6-15(12-20)23(21,22)19-14-4-1-2-5-14/h7-8,11,14-15,19H,1-6,9,12H2. The van der Waals surface area contributed by atoms with Crippen LogP contribution in [0.15, 0.2) is 18.3 Å². The molecule has 0 bridgehead atoms. The van der Waals surface area contributed by atoms with Gasteiger partial charge in [-0.25, -0.2) is 18.1 Å². The molecular weight excluding hydrogens is 312 g/mol. The molecule has 0 spiro atoms. The lowest BCUT2D eigenvalue weighted by molar-refractivity contribution is 0.505. The maximum atomic E-state index is 12.6. The lowest BCUT2D eigenvalue weighted by Crippen LogP contribution is -2.48. The molecule has 1 aromatic rings. The first-order valence-corrected chi connectivity index (χ1v) is 9.75. The van der Waals surface area contributed by atoms with Gasteiger partial charge in [0.05, 0.1) is 10.8 Å². The number of hydrogen-bond donors (Lipinski definition) is 1. The van der Waals surface area contributed by atoms with E-state index in [1.165, 1.54) is 6.20 Å². The quantitative estimate of drug-likeness (QED) is 0.907. The number of hydrogen-bond acceptors (Lipinski definition) is 5. The van der Waals surface area contributed by atoms with Crippen LogP contribution in [0.25, 0.3) is 0 Å². The molecule has 3 rings (SSSR count). The fraction of sp³-hybridized carbons (Fsp3) is 0.625. The van der Waals surface area contributed by atoms with Crippen molar-refractivity contribution in [1.82, 2.24) is 9.71 Å². The highest BCUT2D eigenvalue weighted by atomic mass is 32.2. The molecule has 124 valence electrons. The summed E-state index contributed by atoms with van der Waals surface area (Å²) >= 11 is 0. The SMILES string of the molecule is N#Cc1ccc(N2CCCC(S(=O)(=O)NC3CCCC3)C2)nc1. The molecule has 1 N–H and O–H groups in total. The Labute approximate surface area is 137 Å². The van der Waals surface area contributed by atoms with Crippen LogP contribution >= 0.6 is 0 Å². The van der Waals surface area contributed by atoms with Gasteiger partial charge in [-0.3, -0.25) is 0 Å². The Balaban J connectivity index is 1.68. The number of nitrogens with one attached hydrogen (secondary N) is 1. The van der Waals surface area contributed by atoms with E-state index in [2.05, 4.69) is 9.71 Å². The molecule has 2 fully saturated rings. The molecule has 1 saturated heterocycles. The molecule has 7 heteroatoms. The summed E-state index contributed by atoms with van der Waals surface area (Å²) in [6.07, 6.45) is 7.18. The van der Waals surface area contributed by atoms with Crippen LogP contribution in [0, 0.1) is 11.3 Å². The lowest BCUT2D eigenvalue weighted by Gasteiger charge is -2.33. The highest BCUT2D eigenvalue weighted by molar-refractivity contribution is 7.90. The van der Waals surface area contributed by atoms with E-state index in [0.29, 0.717) is 18.5 Å². The predicted molar refractivity (Wildman–Crippen MR) is 88.5 cm³/mol. The highest BCUT2D eigenvalue weighted by Crippen LogP contribution is 2.24. The summed E-state index contributed by atoms with van der Waals surface area (Å²) in [7, 11) is -3.29. The second-order valence-electron chi connectivity index (χ2n) is 6.37. The molecule has 2 heterocycles.